The summed E-state index contributed by atoms with van der Waals surface area (Å²) in [7, 11) is -6.19. The number of esters is 4. The number of aliphatic carboxylic acids is 1. The maximum absolute atomic E-state index is 16.0. The number of hydrogen-bond donors (Lipinski definition) is 10. The number of fused-ring (bicyclic) bond motifs is 6. The van der Waals surface area contributed by atoms with Crippen LogP contribution in [0.4, 0.5) is 17.3 Å². The zero-order valence-corrected chi connectivity index (χ0v) is 63.7. The average Bonchev–Trinajstić information content (AvgIpc) is 0.668. The number of rotatable bonds is 27. The fourth-order valence-corrected chi connectivity index (χ4v) is 24.6. The number of nitrogens with two attached hydrogens (primary N) is 1. The van der Waals surface area contributed by atoms with E-state index in [2.05, 4.69) is 41.2 Å². The van der Waals surface area contributed by atoms with Gasteiger partial charge in [-0.25, -0.2) is 19.6 Å². The Morgan fingerprint density at radius 2 is 1.39 bits per heavy atom. The van der Waals surface area contributed by atoms with Crippen LogP contribution in [0.25, 0.3) is 11.2 Å². The van der Waals surface area contributed by atoms with E-state index in [9.17, 15) is 58.8 Å². The number of benzene rings is 5. The Kier molecular flexibility index (Phi) is 23.2. The first-order valence-corrected chi connectivity index (χ1v) is 41.3. The maximum atomic E-state index is 16.0. The van der Waals surface area contributed by atoms with Gasteiger partial charge < -0.3 is 75.2 Å². The summed E-state index contributed by atoms with van der Waals surface area (Å²) in [5, 5.41) is 61.8. The Hall–Kier alpha value is -10.7. The van der Waals surface area contributed by atoms with E-state index in [4.69, 9.17) is 33.5 Å². The van der Waals surface area contributed by atoms with E-state index in [-0.39, 0.29) is 90.0 Å². The molecule has 2 aromatic heterocycles. The first kappa shape index (κ1) is 79.4. The van der Waals surface area contributed by atoms with Crippen LogP contribution in [0, 0.1) is 16.7 Å². The number of aliphatic hydroxyl groups excluding tert-OH is 2. The van der Waals surface area contributed by atoms with Crippen LogP contribution in [-0.4, -0.2) is 171 Å². The topological polar surface area (TPSA) is 436 Å². The van der Waals surface area contributed by atoms with Crippen molar-refractivity contribution in [3.8, 4) is 0 Å². The van der Waals surface area contributed by atoms with Crippen molar-refractivity contribution in [2.24, 2.45) is 16.7 Å². The number of aliphatic hydroxyl groups is 3. The molecule has 12 atom stereocenters. The molecule has 109 heavy (non-hydrogen) atoms. The highest BCUT2D eigenvalue weighted by atomic mass is 28.4. The lowest BCUT2D eigenvalue weighted by Gasteiger charge is -2.67. The summed E-state index contributed by atoms with van der Waals surface area (Å²) in [4.78, 5) is 152. The molecule has 3 aliphatic carbocycles. The second-order valence-corrected chi connectivity index (χ2v) is 37.5. The zero-order valence-electron chi connectivity index (χ0n) is 61.7. The standard InChI is InChI=1S/C78H89N9O20Si2/c1-43-55(104-73(100)63(94)61(46-18-12-10-13-19-46)85-70(97)47-20-14-11-15-21-47)39-78(101)67(65-76(6,56(90)38-57-77(65,42-102-57)106-45(3)89)66(95)64(103-44(2)88)60(43)75(78,4)5)105-72(99)49-26-32-53(33-27-49)108(7,8)107-109(9,37-17-23-59(92)93)54-34-30-51(31-35-54)83-58(91)22-16-36-80-69(96)48-24-28-50(29-25-48)81-40-52-41-82-68-62(84-52)71(98)87-74(79)86-68/h10-15,18-21,24-35,41,55-57,61,63-65,67,81,90,94,101H,16-17,22-23,36-40,42H2,1-9H3,(H,80,96)(H,83,91)(H,85,97)(H,92,93)(H3,79,82,86,87,98)/t55?,56-,57+,61-,63+,64+,65-,67-,76+,77-,78+,109?/m0/s1. The molecule has 3 heterocycles. The Balaban J connectivity index is 0.807. The predicted octanol–water partition coefficient (Wildman–Crippen LogP) is 5.88. The largest absolute Gasteiger partial charge is 0.481 e. The number of ketones is 1. The number of nitrogen functional groups attached to an aromatic ring is 1. The third-order valence-corrected chi connectivity index (χ3v) is 30.0. The molecular formula is C78H89N9O20Si2. The number of ether oxygens (including phenoxy) is 5. The number of amides is 3. The number of carbonyl (C=O) groups excluding carboxylic acids is 8. The van der Waals surface area contributed by atoms with Crippen LogP contribution in [0.15, 0.2) is 156 Å². The van der Waals surface area contributed by atoms with Gasteiger partial charge in [-0.05, 0) is 140 Å². The summed E-state index contributed by atoms with van der Waals surface area (Å²) in [6.07, 6.45) is -9.38. The van der Waals surface area contributed by atoms with Crippen molar-refractivity contribution in [3.05, 3.63) is 189 Å². The number of aromatic nitrogens is 4. The minimum absolute atomic E-state index is 0.0517. The first-order chi connectivity index (χ1) is 51.6. The second kappa shape index (κ2) is 31.9. The smallest absolute Gasteiger partial charge is 0.338 e. The third-order valence-electron chi connectivity index (χ3n) is 21.6. The number of aromatic amines is 1. The lowest BCUT2D eigenvalue weighted by atomic mass is 9.44. The Morgan fingerprint density at radius 3 is 2.03 bits per heavy atom. The van der Waals surface area contributed by atoms with Crippen LogP contribution in [0.2, 0.25) is 25.7 Å². The molecule has 2 bridgehead atoms. The minimum Gasteiger partial charge on any atom is -0.481 e. The Bertz CT molecular complexity index is 4740. The highest BCUT2D eigenvalue weighted by Crippen LogP contribution is 2.64. The van der Waals surface area contributed by atoms with Crippen molar-refractivity contribution in [1.82, 2.24) is 30.6 Å². The molecule has 4 aliphatic rings. The molecule has 0 spiro atoms. The number of carboxylic acids is 1. The van der Waals surface area contributed by atoms with Gasteiger partial charge in [-0.1, -0.05) is 86.6 Å². The van der Waals surface area contributed by atoms with Crippen LogP contribution in [-0.2, 0) is 63.1 Å². The SMILES string of the molecule is CC(=O)O[C@H]1C(=O)[C@@]2(C)[C@H]([C@H](OC(=O)c3ccc([Si](C)(C)O[Si](C)(CCCC(=O)O)c4ccc(NC(=O)CCCNC(=O)c5ccc(NCc6cnc7nc(N)[nH]c(=O)c7n6)cc5)cc4)cc3)[C@]3(O)CC(OC(=O)[C@H](O)[C@@H](NC(=O)c4ccccc4)c4ccccc4)C(C)=C1C3(C)C)[C@]1(OC(C)=O)CO[C@@H]1C[C@@H]2O. The van der Waals surface area contributed by atoms with Gasteiger partial charge in [0.15, 0.2) is 34.8 Å². The minimum atomic E-state index is -3.11. The van der Waals surface area contributed by atoms with E-state index in [1.54, 1.807) is 109 Å². The van der Waals surface area contributed by atoms with E-state index in [0.717, 1.165) is 19.0 Å². The molecule has 7 aromatic rings. The van der Waals surface area contributed by atoms with Gasteiger partial charge in [-0.2, -0.15) is 4.98 Å². The van der Waals surface area contributed by atoms with Crippen molar-refractivity contribution in [2.45, 2.75) is 166 Å². The highest BCUT2D eigenvalue weighted by molar-refractivity contribution is 6.97. The molecular weight excluding hydrogens is 1440 g/mol. The number of nitrogens with one attached hydrogen (secondary N) is 5. The second-order valence-electron chi connectivity index (χ2n) is 29.6. The number of carbonyl (C=O) groups is 9. The molecule has 29 nitrogen and oxygen atoms in total. The average molecular weight is 1530 g/mol. The Labute approximate surface area is 629 Å². The van der Waals surface area contributed by atoms with Gasteiger partial charge in [-0.15, -0.1) is 0 Å². The summed E-state index contributed by atoms with van der Waals surface area (Å²) >= 11 is 0. The molecule has 2 saturated carbocycles. The van der Waals surface area contributed by atoms with Crippen molar-refractivity contribution in [2.75, 3.05) is 29.5 Å². The van der Waals surface area contributed by atoms with Crippen LogP contribution in [0.1, 0.15) is 128 Å². The van der Waals surface area contributed by atoms with Gasteiger partial charge in [0.2, 0.25) is 28.5 Å². The molecule has 1 saturated heterocycles. The molecule has 0 radical (unpaired) electrons. The van der Waals surface area contributed by atoms with E-state index < -0.39 is 147 Å². The molecule has 2 unspecified atom stereocenters. The molecule has 5 aromatic carbocycles. The molecule has 3 amide bonds. The van der Waals surface area contributed by atoms with E-state index >= 15 is 9.59 Å². The monoisotopic (exact) mass is 1530 g/mol. The normalized spacial score (nSPS) is 23.8. The molecule has 31 heteroatoms. The fraction of sp³-hybridized carbons (Fsp3) is 0.397. The van der Waals surface area contributed by atoms with E-state index in [1.165, 1.54) is 46.0 Å². The fourth-order valence-electron chi connectivity index (χ4n) is 15.7. The first-order valence-electron chi connectivity index (χ1n) is 35.8. The summed E-state index contributed by atoms with van der Waals surface area (Å²) < 4.78 is 38.5. The van der Waals surface area contributed by atoms with Gasteiger partial charge in [-0.3, -0.25) is 43.3 Å². The van der Waals surface area contributed by atoms with Gasteiger partial charge in [0.05, 0.1) is 54.1 Å². The van der Waals surface area contributed by atoms with Crippen molar-refractivity contribution < 1.29 is 91.4 Å². The Morgan fingerprint density at radius 1 is 0.761 bits per heavy atom. The number of Topliss-reactive ketones (excluding diaryl/α,β-unsaturated/α-hetero) is 1. The number of H-pyrrole nitrogens is 1. The lowest BCUT2D eigenvalue weighted by Crippen LogP contribution is -2.82. The van der Waals surface area contributed by atoms with Gasteiger partial charge in [0.25, 0.3) is 17.4 Å². The molecule has 11 rings (SSSR count). The van der Waals surface area contributed by atoms with Crippen LogP contribution in [0.5, 0.6) is 0 Å². The molecule has 11 N–H and O–H groups in total. The number of hydrogen-bond acceptors (Lipinski definition) is 24. The van der Waals surface area contributed by atoms with E-state index in [0.29, 0.717) is 45.8 Å². The van der Waals surface area contributed by atoms with Gasteiger partial charge in [0.1, 0.15) is 23.9 Å². The number of nitrogens with zero attached hydrogens (tertiary/aromatic N) is 3. The summed E-state index contributed by atoms with van der Waals surface area (Å²) in [6.45, 7) is 14.0. The van der Waals surface area contributed by atoms with Crippen LogP contribution >= 0.6 is 0 Å². The van der Waals surface area contributed by atoms with E-state index in [1.807, 2.05) is 31.8 Å². The number of anilines is 3. The zero-order chi connectivity index (χ0) is 78.7. The van der Waals surface area contributed by atoms with Gasteiger partial charge >= 0.3 is 29.8 Å². The quantitative estimate of drug-likeness (QED) is 0.00944. The summed E-state index contributed by atoms with van der Waals surface area (Å²) in [6, 6.07) is 35.4. The van der Waals surface area contributed by atoms with Crippen molar-refractivity contribution in [1.29, 1.82) is 0 Å². The van der Waals surface area contributed by atoms with Crippen molar-refractivity contribution >= 4 is 109 Å². The molecule has 3 fully saturated rings. The lowest BCUT2D eigenvalue weighted by molar-refractivity contribution is -0.346. The molecule has 574 valence electrons. The predicted molar refractivity (Wildman–Crippen MR) is 402 cm³/mol. The third kappa shape index (κ3) is 16.4. The summed E-state index contributed by atoms with van der Waals surface area (Å²) in [5.74, 6) is -9.10. The maximum Gasteiger partial charge on any atom is 0.338 e. The summed E-state index contributed by atoms with van der Waals surface area (Å²) in [5.41, 5.74) is -0.665. The van der Waals surface area contributed by atoms with Crippen molar-refractivity contribution in [3.63, 3.8) is 0 Å². The molecule has 1 aliphatic heterocycles. The number of carboxylic acid groups (broad SMARTS) is 1. The van der Waals surface area contributed by atoms with Gasteiger partial charge in [0, 0.05) is 74.0 Å². The highest BCUT2D eigenvalue weighted by Gasteiger charge is 2.78. The van der Waals surface area contributed by atoms with Crippen LogP contribution < -0.4 is 42.9 Å². The van der Waals surface area contributed by atoms with Crippen LogP contribution in [0.3, 0.4) is 0 Å².